The van der Waals surface area contributed by atoms with Gasteiger partial charge < -0.3 is 14.4 Å². The summed E-state index contributed by atoms with van der Waals surface area (Å²) in [4.78, 5) is 50.8. The number of hydrogen-bond acceptors (Lipinski definition) is 6. The molecule has 0 aliphatic carbocycles. The molecule has 9 nitrogen and oxygen atoms in total. The van der Waals surface area contributed by atoms with E-state index in [1.807, 2.05) is 0 Å². The molecule has 4 rings (SSSR count). The molecule has 0 saturated carbocycles. The summed E-state index contributed by atoms with van der Waals surface area (Å²) in [5.74, 6) is -4.52. The van der Waals surface area contributed by atoms with Crippen molar-refractivity contribution in [3.8, 4) is 11.5 Å². The van der Waals surface area contributed by atoms with Crippen molar-refractivity contribution in [3.05, 3.63) is 53.1 Å². The van der Waals surface area contributed by atoms with Crippen LogP contribution < -0.4 is 19.7 Å². The SMILES string of the molecule is CN(C(=O)Oc1cc(F)c2c(c1)C(=O)N(C1CCC(=O)NC1=O)C2)c1cc(F)cc(OC(F)F)c1. The average Bonchev–Trinajstić information content (AvgIpc) is 3.09. The van der Waals surface area contributed by atoms with Crippen LogP contribution in [0.15, 0.2) is 30.3 Å². The lowest BCUT2D eigenvalue weighted by atomic mass is 10.0. The Morgan fingerprint density at radius 2 is 1.86 bits per heavy atom. The Morgan fingerprint density at radius 1 is 1.11 bits per heavy atom. The van der Waals surface area contributed by atoms with Gasteiger partial charge in [0, 0.05) is 37.2 Å². The third-order valence-electron chi connectivity index (χ3n) is 5.52. The maximum Gasteiger partial charge on any atom is 0.419 e. The van der Waals surface area contributed by atoms with E-state index in [-0.39, 0.29) is 42.0 Å². The molecule has 2 heterocycles. The van der Waals surface area contributed by atoms with Crippen molar-refractivity contribution in [1.82, 2.24) is 10.2 Å². The molecule has 0 bridgehead atoms. The minimum atomic E-state index is -3.21. The highest BCUT2D eigenvalue weighted by molar-refractivity contribution is 6.05. The van der Waals surface area contributed by atoms with Crippen molar-refractivity contribution < 1.29 is 46.2 Å². The number of nitrogens with one attached hydrogen (secondary N) is 1. The Bertz CT molecular complexity index is 1240. The Morgan fingerprint density at radius 3 is 2.54 bits per heavy atom. The summed E-state index contributed by atoms with van der Waals surface area (Å²) >= 11 is 0. The number of ether oxygens (including phenoxy) is 2. The number of amides is 4. The zero-order valence-electron chi connectivity index (χ0n) is 18.0. The highest BCUT2D eigenvalue weighted by Crippen LogP contribution is 2.33. The number of hydrogen-bond donors (Lipinski definition) is 1. The molecule has 184 valence electrons. The first-order chi connectivity index (χ1) is 16.5. The number of halogens is 4. The Hall–Kier alpha value is -4.16. The number of anilines is 1. The number of nitrogens with zero attached hydrogens (tertiary/aromatic N) is 2. The van der Waals surface area contributed by atoms with Crippen LogP contribution in [-0.2, 0) is 16.1 Å². The van der Waals surface area contributed by atoms with E-state index in [0.717, 1.165) is 41.1 Å². The molecule has 1 unspecified atom stereocenters. The van der Waals surface area contributed by atoms with Crippen LogP contribution in [0.3, 0.4) is 0 Å². The number of fused-ring (bicyclic) bond motifs is 1. The molecule has 1 saturated heterocycles. The second kappa shape index (κ2) is 9.24. The van der Waals surface area contributed by atoms with Crippen molar-refractivity contribution in [3.63, 3.8) is 0 Å². The van der Waals surface area contributed by atoms with Crippen LogP contribution in [-0.4, -0.2) is 48.4 Å². The summed E-state index contributed by atoms with van der Waals surface area (Å²) in [6.45, 7) is -3.43. The lowest BCUT2D eigenvalue weighted by molar-refractivity contribution is -0.136. The predicted octanol–water partition coefficient (Wildman–Crippen LogP) is 2.96. The van der Waals surface area contributed by atoms with Gasteiger partial charge in [0.15, 0.2) is 0 Å². The molecule has 0 aromatic heterocycles. The molecule has 2 aromatic carbocycles. The summed E-state index contributed by atoms with van der Waals surface area (Å²) < 4.78 is 62.7. The van der Waals surface area contributed by atoms with E-state index in [0.29, 0.717) is 6.07 Å². The number of benzene rings is 2. The fourth-order valence-corrected chi connectivity index (χ4v) is 3.84. The fourth-order valence-electron chi connectivity index (χ4n) is 3.84. The van der Waals surface area contributed by atoms with Crippen molar-refractivity contribution in [2.75, 3.05) is 11.9 Å². The number of alkyl halides is 2. The molecule has 2 aliphatic rings. The van der Waals surface area contributed by atoms with Gasteiger partial charge in [-0.15, -0.1) is 0 Å². The normalized spacial score (nSPS) is 17.4. The highest BCUT2D eigenvalue weighted by atomic mass is 19.3. The van der Waals surface area contributed by atoms with Crippen LogP contribution in [0.4, 0.5) is 28.0 Å². The monoisotopic (exact) mass is 495 g/mol. The standard InChI is InChI=1S/C22H17F4N3O6/c1-28(11-4-10(23)5-12(6-11)34-21(25)26)22(33)35-13-7-14-15(16(24)8-13)9-29(20(14)32)17-2-3-18(30)27-19(17)31/h4-8,17,21H,2-3,9H2,1H3,(H,27,30,31). The number of imide groups is 1. The molecular formula is C22H17F4N3O6. The molecule has 0 spiro atoms. The van der Waals surface area contributed by atoms with E-state index < -0.39 is 53.9 Å². The lowest BCUT2D eigenvalue weighted by Gasteiger charge is -2.29. The maximum absolute atomic E-state index is 14.8. The van der Waals surface area contributed by atoms with Crippen LogP contribution in [0.1, 0.15) is 28.8 Å². The molecule has 2 aromatic rings. The maximum atomic E-state index is 14.8. The van der Waals surface area contributed by atoms with Crippen molar-refractivity contribution in [2.45, 2.75) is 32.0 Å². The van der Waals surface area contributed by atoms with Gasteiger partial charge in [0.05, 0.1) is 17.8 Å². The van der Waals surface area contributed by atoms with Crippen molar-refractivity contribution in [1.29, 1.82) is 0 Å². The van der Waals surface area contributed by atoms with Gasteiger partial charge in [0.2, 0.25) is 11.8 Å². The second-order valence-corrected chi connectivity index (χ2v) is 7.78. The number of piperidine rings is 1. The largest absolute Gasteiger partial charge is 0.435 e. The summed E-state index contributed by atoms with van der Waals surface area (Å²) in [5, 5.41) is 2.13. The molecule has 4 amide bonds. The van der Waals surface area contributed by atoms with Crippen LogP contribution in [0, 0.1) is 11.6 Å². The average molecular weight is 495 g/mol. The van der Waals surface area contributed by atoms with Gasteiger partial charge in [-0.2, -0.15) is 8.78 Å². The van der Waals surface area contributed by atoms with Gasteiger partial charge in [-0.1, -0.05) is 0 Å². The van der Waals surface area contributed by atoms with Crippen LogP contribution in [0.25, 0.3) is 0 Å². The molecule has 1 fully saturated rings. The molecule has 0 radical (unpaired) electrons. The number of carbonyl (C=O) groups excluding carboxylic acids is 4. The topological polar surface area (TPSA) is 105 Å². The zero-order chi connectivity index (χ0) is 25.4. The summed E-state index contributed by atoms with van der Waals surface area (Å²) in [6.07, 6.45) is -1.02. The van der Waals surface area contributed by atoms with Crippen LogP contribution >= 0.6 is 0 Å². The number of rotatable bonds is 5. The molecule has 1 N–H and O–H groups in total. The van der Waals surface area contributed by atoms with Gasteiger partial charge in [-0.25, -0.2) is 13.6 Å². The van der Waals surface area contributed by atoms with Gasteiger partial charge in [0.1, 0.15) is 29.2 Å². The third kappa shape index (κ3) is 4.88. The van der Waals surface area contributed by atoms with E-state index in [9.17, 15) is 36.7 Å². The minimum absolute atomic E-state index is 0.00762. The second-order valence-electron chi connectivity index (χ2n) is 7.78. The first-order valence-corrected chi connectivity index (χ1v) is 10.2. The summed E-state index contributed by atoms with van der Waals surface area (Å²) in [7, 11) is 1.16. The molecule has 13 heteroatoms. The summed E-state index contributed by atoms with van der Waals surface area (Å²) in [5.41, 5.74) is -0.322. The van der Waals surface area contributed by atoms with E-state index in [2.05, 4.69) is 10.1 Å². The van der Waals surface area contributed by atoms with Crippen LogP contribution in [0.2, 0.25) is 0 Å². The van der Waals surface area contributed by atoms with Crippen molar-refractivity contribution >= 4 is 29.5 Å². The van der Waals surface area contributed by atoms with Crippen LogP contribution in [0.5, 0.6) is 11.5 Å². The third-order valence-corrected chi connectivity index (χ3v) is 5.52. The first kappa shape index (κ1) is 24.0. The first-order valence-electron chi connectivity index (χ1n) is 10.2. The minimum Gasteiger partial charge on any atom is -0.435 e. The highest BCUT2D eigenvalue weighted by Gasteiger charge is 2.40. The fraction of sp³-hybridized carbons (Fsp3) is 0.273. The predicted molar refractivity (Wildman–Crippen MR) is 110 cm³/mol. The smallest absolute Gasteiger partial charge is 0.419 e. The Balaban J connectivity index is 1.52. The lowest BCUT2D eigenvalue weighted by Crippen LogP contribution is -2.52. The van der Waals surface area contributed by atoms with E-state index in [1.165, 1.54) is 0 Å². The Labute approximate surface area is 195 Å². The van der Waals surface area contributed by atoms with Gasteiger partial charge >= 0.3 is 12.7 Å². The van der Waals surface area contributed by atoms with E-state index >= 15 is 0 Å². The van der Waals surface area contributed by atoms with Gasteiger partial charge in [-0.3, -0.25) is 24.6 Å². The summed E-state index contributed by atoms with van der Waals surface area (Å²) in [6, 6.07) is 3.57. The molecule has 1 atom stereocenters. The molecular weight excluding hydrogens is 478 g/mol. The quantitative estimate of drug-likeness (QED) is 0.505. The van der Waals surface area contributed by atoms with Gasteiger partial charge in [-0.05, 0) is 18.6 Å². The van der Waals surface area contributed by atoms with Gasteiger partial charge in [0.25, 0.3) is 5.91 Å². The number of carbonyl (C=O) groups is 4. The Kier molecular flexibility index (Phi) is 6.33. The zero-order valence-corrected chi connectivity index (χ0v) is 18.0. The molecule has 35 heavy (non-hydrogen) atoms. The molecule has 2 aliphatic heterocycles. The van der Waals surface area contributed by atoms with E-state index in [4.69, 9.17) is 4.74 Å². The van der Waals surface area contributed by atoms with Crippen molar-refractivity contribution in [2.24, 2.45) is 0 Å². The van der Waals surface area contributed by atoms with E-state index in [1.54, 1.807) is 0 Å².